The first kappa shape index (κ1) is 8.02. The molecule has 1 saturated carbocycles. The molecule has 0 amide bonds. The fraction of sp³-hybridized carbons (Fsp3) is 1.00. The Morgan fingerprint density at radius 1 is 1.40 bits per heavy atom. The summed E-state index contributed by atoms with van der Waals surface area (Å²) in [7, 11) is 0. The highest BCUT2D eigenvalue weighted by atomic mass is 16.3. The fourth-order valence-electron chi connectivity index (χ4n) is 1.49. The van der Waals surface area contributed by atoms with Crippen LogP contribution >= 0.6 is 0 Å². The van der Waals surface area contributed by atoms with Crippen LogP contribution in [0.4, 0.5) is 0 Å². The van der Waals surface area contributed by atoms with Gasteiger partial charge in [-0.25, -0.2) is 0 Å². The van der Waals surface area contributed by atoms with Crippen LogP contribution in [0.2, 0.25) is 0 Å². The van der Waals surface area contributed by atoms with Crippen molar-refractivity contribution < 1.29 is 10.2 Å². The molecular formula is C8H16O2. The quantitative estimate of drug-likeness (QED) is 0.577. The van der Waals surface area contributed by atoms with E-state index in [-0.39, 0.29) is 6.10 Å². The summed E-state index contributed by atoms with van der Waals surface area (Å²) in [6.45, 7) is 2.00. The zero-order chi connectivity index (χ0) is 7.61. The molecular weight excluding hydrogens is 128 g/mol. The molecule has 2 N–H and O–H groups in total. The van der Waals surface area contributed by atoms with Crippen molar-refractivity contribution in [3.05, 3.63) is 0 Å². The predicted octanol–water partition coefficient (Wildman–Crippen LogP) is 1.06. The van der Waals surface area contributed by atoms with E-state index in [0.717, 1.165) is 32.1 Å². The molecule has 0 saturated heterocycles. The van der Waals surface area contributed by atoms with Gasteiger partial charge >= 0.3 is 0 Å². The maximum absolute atomic E-state index is 9.69. The summed E-state index contributed by atoms with van der Waals surface area (Å²) in [5.74, 6) is 0. The van der Waals surface area contributed by atoms with Gasteiger partial charge in [0.15, 0.2) is 0 Å². The van der Waals surface area contributed by atoms with Gasteiger partial charge in [0, 0.05) is 0 Å². The SMILES string of the molecule is CCC1(O)CCC(O)CC1. The molecule has 0 aromatic carbocycles. The first-order valence-corrected chi connectivity index (χ1v) is 4.07. The highest BCUT2D eigenvalue weighted by molar-refractivity contribution is 4.83. The van der Waals surface area contributed by atoms with Crippen LogP contribution in [-0.4, -0.2) is 21.9 Å². The van der Waals surface area contributed by atoms with Gasteiger partial charge in [0.1, 0.15) is 0 Å². The lowest BCUT2D eigenvalue weighted by Gasteiger charge is -2.33. The van der Waals surface area contributed by atoms with E-state index >= 15 is 0 Å². The molecule has 0 bridgehead atoms. The Labute approximate surface area is 61.9 Å². The number of rotatable bonds is 1. The Hall–Kier alpha value is -0.0800. The zero-order valence-electron chi connectivity index (χ0n) is 6.51. The molecule has 0 aromatic heterocycles. The molecule has 0 unspecified atom stereocenters. The molecule has 10 heavy (non-hydrogen) atoms. The van der Waals surface area contributed by atoms with Crippen molar-refractivity contribution >= 4 is 0 Å². The Balaban J connectivity index is 2.38. The normalized spacial score (nSPS) is 41.7. The molecule has 0 atom stereocenters. The lowest BCUT2D eigenvalue weighted by Crippen LogP contribution is -2.34. The van der Waals surface area contributed by atoms with E-state index in [1.807, 2.05) is 6.92 Å². The van der Waals surface area contributed by atoms with Crippen molar-refractivity contribution in [3.63, 3.8) is 0 Å². The van der Waals surface area contributed by atoms with Crippen LogP contribution in [0, 0.1) is 0 Å². The van der Waals surface area contributed by atoms with E-state index in [9.17, 15) is 5.11 Å². The molecule has 2 heteroatoms. The summed E-state index contributed by atoms with van der Waals surface area (Å²) in [4.78, 5) is 0. The van der Waals surface area contributed by atoms with Crippen LogP contribution in [0.1, 0.15) is 39.0 Å². The van der Waals surface area contributed by atoms with E-state index in [2.05, 4.69) is 0 Å². The fourth-order valence-corrected chi connectivity index (χ4v) is 1.49. The summed E-state index contributed by atoms with van der Waals surface area (Å²) >= 11 is 0. The van der Waals surface area contributed by atoms with Crippen molar-refractivity contribution in [2.75, 3.05) is 0 Å². The minimum absolute atomic E-state index is 0.160. The second-order valence-electron chi connectivity index (χ2n) is 3.31. The molecule has 1 fully saturated rings. The van der Waals surface area contributed by atoms with Gasteiger partial charge in [-0.15, -0.1) is 0 Å². The summed E-state index contributed by atoms with van der Waals surface area (Å²) in [5.41, 5.74) is -0.459. The second kappa shape index (κ2) is 2.89. The zero-order valence-corrected chi connectivity index (χ0v) is 6.51. The Bertz CT molecular complexity index is 104. The average molecular weight is 144 g/mol. The largest absolute Gasteiger partial charge is 0.393 e. The number of aliphatic hydroxyl groups is 2. The van der Waals surface area contributed by atoms with Crippen molar-refractivity contribution in [3.8, 4) is 0 Å². The maximum atomic E-state index is 9.69. The molecule has 0 aromatic rings. The molecule has 60 valence electrons. The lowest BCUT2D eigenvalue weighted by atomic mass is 9.82. The Morgan fingerprint density at radius 2 is 1.90 bits per heavy atom. The highest BCUT2D eigenvalue weighted by Gasteiger charge is 2.30. The van der Waals surface area contributed by atoms with Gasteiger partial charge in [0.05, 0.1) is 11.7 Å². The third-order valence-corrected chi connectivity index (χ3v) is 2.54. The van der Waals surface area contributed by atoms with E-state index in [1.165, 1.54) is 0 Å². The average Bonchev–Trinajstić information content (AvgIpc) is 1.96. The van der Waals surface area contributed by atoms with Crippen molar-refractivity contribution in [1.29, 1.82) is 0 Å². The molecule has 0 radical (unpaired) electrons. The van der Waals surface area contributed by atoms with Crippen LogP contribution in [0.25, 0.3) is 0 Å². The molecule has 1 aliphatic carbocycles. The van der Waals surface area contributed by atoms with E-state index in [1.54, 1.807) is 0 Å². The number of hydrogen-bond donors (Lipinski definition) is 2. The third-order valence-electron chi connectivity index (χ3n) is 2.54. The van der Waals surface area contributed by atoms with E-state index in [0.29, 0.717) is 0 Å². The Morgan fingerprint density at radius 3 is 2.30 bits per heavy atom. The van der Waals surface area contributed by atoms with E-state index < -0.39 is 5.60 Å². The minimum Gasteiger partial charge on any atom is -0.393 e. The summed E-state index contributed by atoms with van der Waals surface area (Å²) in [6.07, 6.45) is 3.73. The lowest BCUT2D eigenvalue weighted by molar-refractivity contribution is -0.0339. The van der Waals surface area contributed by atoms with Crippen LogP contribution in [0.15, 0.2) is 0 Å². The van der Waals surface area contributed by atoms with Crippen molar-refractivity contribution in [2.24, 2.45) is 0 Å². The van der Waals surface area contributed by atoms with Gasteiger partial charge < -0.3 is 10.2 Å². The van der Waals surface area contributed by atoms with E-state index in [4.69, 9.17) is 5.11 Å². The number of hydrogen-bond acceptors (Lipinski definition) is 2. The van der Waals surface area contributed by atoms with Crippen molar-refractivity contribution in [1.82, 2.24) is 0 Å². The molecule has 1 rings (SSSR count). The van der Waals surface area contributed by atoms with Gasteiger partial charge in [0.25, 0.3) is 0 Å². The summed E-state index contributed by atoms with van der Waals surface area (Å²) in [5, 5.41) is 18.8. The number of aliphatic hydroxyl groups excluding tert-OH is 1. The van der Waals surface area contributed by atoms with Gasteiger partial charge in [-0.3, -0.25) is 0 Å². The van der Waals surface area contributed by atoms with Gasteiger partial charge in [0.2, 0.25) is 0 Å². The minimum atomic E-state index is -0.459. The van der Waals surface area contributed by atoms with Gasteiger partial charge in [-0.1, -0.05) is 6.92 Å². The first-order chi connectivity index (χ1) is 4.66. The van der Waals surface area contributed by atoms with Crippen LogP contribution in [0.5, 0.6) is 0 Å². The molecule has 0 heterocycles. The standard InChI is InChI=1S/C8H16O2/c1-2-8(10)5-3-7(9)4-6-8/h7,9-10H,2-6H2,1H3. The van der Waals surface area contributed by atoms with Gasteiger partial charge in [-0.05, 0) is 32.1 Å². The molecule has 2 nitrogen and oxygen atoms in total. The predicted molar refractivity (Wildman–Crippen MR) is 39.7 cm³/mol. The molecule has 0 aliphatic heterocycles. The first-order valence-electron chi connectivity index (χ1n) is 4.07. The van der Waals surface area contributed by atoms with Crippen LogP contribution < -0.4 is 0 Å². The highest BCUT2D eigenvalue weighted by Crippen LogP contribution is 2.30. The third kappa shape index (κ3) is 1.70. The Kier molecular flexibility index (Phi) is 2.32. The van der Waals surface area contributed by atoms with Crippen LogP contribution in [-0.2, 0) is 0 Å². The van der Waals surface area contributed by atoms with Crippen molar-refractivity contribution in [2.45, 2.75) is 50.7 Å². The summed E-state index contributed by atoms with van der Waals surface area (Å²) in [6, 6.07) is 0. The monoisotopic (exact) mass is 144 g/mol. The molecule has 1 aliphatic rings. The van der Waals surface area contributed by atoms with Crippen LogP contribution in [0.3, 0.4) is 0 Å². The topological polar surface area (TPSA) is 40.5 Å². The smallest absolute Gasteiger partial charge is 0.0647 e. The summed E-state index contributed by atoms with van der Waals surface area (Å²) < 4.78 is 0. The maximum Gasteiger partial charge on any atom is 0.0647 e. The molecule has 0 spiro atoms. The second-order valence-corrected chi connectivity index (χ2v) is 3.31. The van der Waals surface area contributed by atoms with Gasteiger partial charge in [-0.2, -0.15) is 0 Å².